The normalized spacial score (nSPS) is 12.3. The number of nitrogens with zero attached hydrogens (tertiary/aromatic N) is 4. The van der Waals surface area contributed by atoms with Crippen molar-refractivity contribution in [1.82, 2.24) is 14.8 Å². The summed E-state index contributed by atoms with van der Waals surface area (Å²) < 4.78 is 1.78. The lowest BCUT2D eigenvalue weighted by molar-refractivity contribution is -0.384. The number of nitro benzene ring substituents is 1. The van der Waals surface area contributed by atoms with Crippen molar-refractivity contribution in [2.45, 2.75) is 26.3 Å². The predicted molar refractivity (Wildman–Crippen MR) is 84.4 cm³/mol. The Labute approximate surface area is 128 Å². The zero-order chi connectivity index (χ0) is 15.2. The molecule has 1 unspecified atom stereocenters. The lowest BCUT2D eigenvalue weighted by atomic mass is 10.1. The molecule has 0 fully saturated rings. The van der Waals surface area contributed by atoms with E-state index >= 15 is 0 Å². The summed E-state index contributed by atoms with van der Waals surface area (Å²) in [6, 6.07) is 6.36. The quantitative estimate of drug-likeness (QED) is 0.484. The van der Waals surface area contributed by atoms with Crippen LogP contribution in [0.15, 0.2) is 30.6 Å². The second-order valence-corrected chi connectivity index (χ2v) is 5.30. The highest BCUT2D eigenvalue weighted by Gasteiger charge is 2.12. The molecule has 0 bridgehead atoms. The third kappa shape index (κ3) is 4.04. The van der Waals surface area contributed by atoms with Crippen LogP contribution >= 0.6 is 12.6 Å². The number of nitro groups is 1. The van der Waals surface area contributed by atoms with Gasteiger partial charge in [0.05, 0.1) is 4.92 Å². The van der Waals surface area contributed by atoms with Crippen LogP contribution in [-0.4, -0.2) is 25.4 Å². The molecule has 0 N–H and O–H groups in total. The molecule has 2 aromatic rings. The molecular weight excluding hydrogens is 288 g/mol. The first-order valence-electron chi connectivity index (χ1n) is 6.89. The number of non-ortho nitro benzene ring substituents is 1. The van der Waals surface area contributed by atoms with Crippen LogP contribution in [-0.2, 0) is 6.54 Å². The maximum atomic E-state index is 10.8. The number of hydrogen-bond donors (Lipinski definition) is 1. The first kappa shape index (κ1) is 15.5. The van der Waals surface area contributed by atoms with E-state index in [1.807, 2.05) is 0 Å². The van der Waals surface area contributed by atoms with Crippen molar-refractivity contribution >= 4 is 18.3 Å². The van der Waals surface area contributed by atoms with E-state index in [1.165, 1.54) is 12.1 Å². The van der Waals surface area contributed by atoms with Crippen molar-refractivity contribution < 1.29 is 4.92 Å². The number of benzene rings is 1. The van der Waals surface area contributed by atoms with Crippen molar-refractivity contribution in [3.63, 3.8) is 0 Å². The van der Waals surface area contributed by atoms with Crippen LogP contribution in [0.25, 0.3) is 11.4 Å². The smallest absolute Gasteiger partial charge is 0.258 e. The molecule has 1 aromatic carbocycles. The van der Waals surface area contributed by atoms with Crippen LogP contribution in [0, 0.1) is 16.0 Å². The summed E-state index contributed by atoms with van der Waals surface area (Å²) in [6.07, 6.45) is 3.87. The van der Waals surface area contributed by atoms with Gasteiger partial charge in [-0.05, 0) is 18.1 Å². The molecule has 7 heteroatoms. The molecule has 0 radical (unpaired) electrons. The van der Waals surface area contributed by atoms with Crippen LogP contribution < -0.4 is 0 Å². The van der Waals surface area contributed by atoms with Gasteiger partial charge in [-0.3, -0.25) is 14.8 Å². The standard InChI is InChI=1S/C14H18N4O2S/c1-2-4-11(9-21)8-17-10-15-14(16-17)12-5-3-6-13(7-12)18(19)20/h3,5-7,10-11,21H,2,4,8-9H2,1H3. The average molecular weight is 306 g/mol. The van der Waals surface area contributed by atoms with Gasteiger partial charge in [-0.2, -0.15) is 17.7 Å². The summed E-state index contributed by atoms with van der Waals surface area (Å²) in [5, 5.41) is 15.2. The van der Waals surface area contributed by atoms with Crippen molar-refractivity contribution in [1.29, 1.82) is 0 Å². The Morgan fingerprint density at radius 3 is 2.95 bits per heavy atom. The minimum absolute atomic E-state index is 0.0445. The van der Waals surface area contributed by atoms with E-state index in [-0.39, 0.29) is 5.69 Å². The monoisotopic (exact) mass is 306 g/mol. The SMILES string of the molecule is CCCC(CS)Cn1cnc(-c2cccc([N+](=O)[O-])c2)n1. The molecule has 0 saturated heterocycles. The lowest BCUT2D eigenvalue weighted by Gasteiger charge is -2.12. The highest BCUT2D eigenvalue weighted by atomic mass is 32.1. The van der Waals surface area contributed by atoms with E-state index in [9.17, 15) is 10.1 Å². The Morgan fingerprint density at radius 1 is 1.48 bits per heavy atom. The Morgan fingerprint density at radius 2 is 2.29 bits per heavy atom. The summed E-state index contributed by atoms with van der Waals surface area (Å²) >= 11 is 4.36. The molecule has 1 aromatic heterocycles. The molecule has 0 saturated carbocycles. The van der Waals surface area contributed by atoms with Gasteiger partial charge in [0.25, 0.3) is 5.69 Å². The first-order valence-corrected chi connectivity index (χ1v) is 7.52. The molecule has 0 spiro atoms. The van der Waals surface area contributed by atoms with Gasteiger partial charge < -0.3 is 0 Å². The Balaban J connectivity index is 2.16. The second kappa shape index (κ2) is 7.21. The highest BCUT2D eigenvalue weighted by molar-refractivity contribution is 7.80. The second-order valence-electron chi connectivity index (χ2n) is 4.93. The van der Waals surface area contributed by atoms with Gasteiger partial charge in [0, 0.05) is 24.2 Å². The predicted octanol–water partition coefficient (Wildman–Crippen LogP) is 3.20. The lowest BCUT2D eigenvalue weighted by Crippen LogP contribution is -2.12. The van der Waals surface area contributed by atoms with E-state index in [0.717, 1.165) is 25.1 Å². The zero-order valence-electron chi connectivity index (χ0n) is 11.8. The number of hydrogen-bond acceptors (Lipinski definition) is 5. The fourth-order valence-corrected chi connectivity index (χ4v) is 2.48. The molecule has 0 aliphatic carbocycles. The van der Waals surface area contributed by atoms with Crippen LogP contribution in [0.2, 0.25) is 0 Å². The average Bonchev–Trinajstić information content (AvgIpc) is 2.95. The third-order valence-electron chi connectivity index (χ3n) is 3.25. The molecule has 0 amide bonds. The minimum atomic E-state index is -0.418. The molecule has 1 heterocycles. The Hall–Kier alpha value is -1.89. The Bertz CT molecular complexity index is 615. The zero-order valence-corrected chi connectivity index (χ0v) is 12.7. The fraction of sp³-hybridized carbons (Fsp3) is 0.429. The largest absolute Gasteiger partial charge is 0.270 e. The number of rotatable bonds is 7. The van der Waals surface area contributed by atoms with Crippen LogP contribution in [0.5, 0.6) is 0 Å². The van der Waals surface area contributed by atoms with Crippen LogP contribution in [0.3, 0.4) is 0 Å². The van der Waals surface area contributed by atoms with Crippen molar-refractivity contribution in [3.8, 4) is 11.4 Å². The van der Waals surface area contributed by atoms with Crippen molar-refractivity contribution in [2.75, 3.05) is 5.75 Å². The van der Waals surface area contributed by atoms with Crippen LogP contribution in [0.4, 0.5) is 5.69 Å². The molecule has 0 aliphatic heterocycles. The van der Waals surface area contributed by atoms with Gasteiger partial charge in [0.1, 0.15) is 6.33 Å². The van der Waals surface area contributed by atoms with Crippen molar-refractivity contribution in [2.24, 2.45) is 5.92 Å². The van der Waals surface area contributed by atoms with Crippen LogP contribution in [0.1, 0.15) is 19.8 Å². The van der Waals surface area contributed by atoms with Gasteiger partial charge in [0.2, 0.25) is 0 Å². The van der Waals surface area contributed by atoms with Gasteiger partial charge in [-0.15, -0.1) is 0 Å². The Kier molecular flexibility index (Phi) is 5.32. The van der Waals surface area contributed by atoms with Crippen molar-refractivity contribution in [3.05, 3.63) is 40.7 Å². The highest BCUT2D eigenvalue weighted by Crippen LogP contribution is 2.21. The van der Waals surface area contributed by atoms with E-state index in [2.05, 4.69) is 29.6 Å². The van der Waals surface area contributed by atoms with Gasteiger partial charge in [0.15, 0.2) is 5.82 Å². The third-order valence-corrected chi connectivity index (χ3v) is 3.77. The van der Waals surface area contributed by atoms with Gasteiger partial charge in [-0.25, -0.2) is 4.98 Å². The topological polar surface area (TPSA) is 73.8 Å². The maximum absolute atomic E-state index is 10.8. The van der Waals surface area contributed by atoms with E-state index in [4.69, 9.17) is 0 Å². The first-order chi connectivity index (χ1) is 10.1. The number of aromatic nitrogens is 3. The summed E-state index contributed by atoms with van der Waals surface area (Å²) in [5.41, 5.74) is 0.698. The molecule has 1 atom stereocenters. The molecular formula is C14H18N4O2S. The minimum Gasteiger partial charge on any atom is -0.258 e. The summed E-state index contributed by atoms with van der Waals surface area (Å²) in [4.78, 5) is 14.6. The van der Waals surface area contributed by atoms with Gasteiger partial charge >= 0.3 is 0 Å². The maximum Gasteiger partial charge on any atom is 0.270 e. The summed E-state index contributed by atoms with van der Waals surface area (Å²) in [7, 11) is 0. The molecule has 112 valence electrons. The van der Waals surface area contributed by atoms with Gasteiger partial charge in [-0.1, -0.05) is 25.5 Å². The number of thiol groups is 1. The molecule has 6 nitrogen and oxygen atoms in total. The molecule has 2 rings (SSSR count). The molecule has 21 heavy (non-hydrogen) atoms. The van der Waals surface area contributed by atoms with E-state index in [0.29, 0.717) is 17.3 Å². The summed E-state index contributed by atoms with van der Waals surface area (Å²) in [5.74, 6) is 1.77. The summed E-state index contributed by atoms with van der Waals surface area (Å²) in [6.45, 7) is 2.91. The fourth-order valence-electron chi connectivity index (χ4n) is 2.19. The van der Waals surface area contributed by atoms with E-state index < -0.39 is 4.92 Å². The van der Waals surface area contributed by atoms with E-state index in [1.54, 1.807) is 23.1 Å². The molecule has 0 aliphatic rings.